The Balaban J connectivity index is 2.00. The lowest BCUT2D eigenvalue weighted by molar-refractivity contribution is 0.793. The molecule has 0 saturated heterocycles. The predicted octanol–water partition coefficient (Wildman–Crippen LogP) is 3.75. The molecule has 0 fully saturated rings. The van der Waals surface area contributed by atoms with Crippen LogP contribution in [-0.2, 0) is 7.05 Å². The number of hydrogen-bond acceptors (Lipinski definition) is 4. The Morgan fingerprint density at radius 1 is 1.19 bits per heavy atom. The van der Waals surface area contributed by atoms with Crippen molar-refractivity contribution in [1.82, 2.24) is 19.7 Å². The molecule has 4 nitrogen and oxygen atoms in total. The molecule has 2 aromatic heterocycles. The average molecular weight is 319 g/mol. The monoisotopic (exact) mass is 318 g/mol. The number of pyridine rings is 1. The molecule has 0 aliphatic heterocycles. The quantitative estimate of drug-likeness (QED) is 0.408. The number of halogens is 1. The first kappa shape index (κ1) is 14.4. The largest absolute Gasteiger partial charge is 0.305 e. The molecule has 0 saturated carbocycles. The van der Waals surface area contributed by atoms with Crippen LogP contribution in [0.3, 0.4) is 0 Å². The number of fused-ring (bicyclic) bond motifs is 1. The molecule has 6 heteroatoms. The van der Waals surface area contributed by atoms with Gasteiger partial charge in [-0.2, -0.15) is 0 Å². The zero-order valence-electron chi connectivity index (χ0n) is 11.7. The van der Waals surface area contributed by atoms with Crippen LogP contribution in [0.5, 0.6) is 0 Å². The number of para-hydroxylation sites is 1. The number of hydrogen-bond donors (Lipinski definition) is 0. The molecule has 2 heterocycles. The molecule has 0 spiro atoms. The van der Waals surface area contributed by atoms with Crippen LogP contribution < -0.4 is 0 Å². The fraction of sp³-hybridized carbons (Fsp3) is 0.267. The minimum absolute atomic E-state index is 0.673. The van der Waals surface area contributed by atoms with Gasteiger partial charge in [-0.3, -0.25) is 4.98 Å². The van der Waals surface area contributed by atoms with E-state index in [1.807, 2.05) is 42.1 Å². The Bertz CT molecular complexity index is 751. The van der Waals surface area contributed by atoms with Crippen LogP contribution in [0.25, 0.3) is 22.3 Å². The van der Waals surface area contributed by atoms with Gasteiger partial charge in [0.15, 0.2) is 11.0 Å². The summed E-state index contributed by atoms with van der Waals surface area (Å²) in [6.07, 6.45) is 2.78. The van der Waals surface area contributed by atoms with E-state index in [0.717, 1.165) is 39.6 Å². The summed E-state index contributed by atoms with van der Waals surface area (Å²) >= 11 is 7.39. The molecule has 0 radical (unpaired) electrons. The molecule has 21 heavy (non-hydrogen) atoms. The smallest absolute Gasteiger partial charge is 0.191 e. The summed E-state index contributed by atoms with van der Waals surface area (Å²) in [5, 5.41) is 10.6. The summed E-state index contributed by atoms with van der Waals surface area (Å²) in [4.78, 5) is 4.39. The van der Waals surface area contributed by atoms with Gasteiger partial charge in [0, 0.05) is 35.8 Å². The summed E-state index contributed by atoms with van der Waals surface area (Å²) in [7, 11) is 1.99. The van der Waals surface area contributed by atoms with Gasteiger partial charge in [0.25, 0.3) is 0 Å². The minimum Gasteiger partial charge on any atom is -0.305 e. The zero-order valence-corrected chi connectivity index (χ0v) is 13.2. The summed E-state index contributed by atoms with van der Waals surface area (Å²) in [5.74, 6) is 2.49. The third kappa shape index (κ3) is 2.89. The van der Waals surface area contributed by atoms with E-state index >= 15 is 0 Å². The van der Waals surface area contributed by atoms with Gasteiger partial charge in [-0.05, 0) is 18.6 Å². The molecule has 3 aromatic rings. The van der Waals surface area contributed by atoms with Crippen molar-refractivity contribution in [2.24, 2.45) is 7.05 Å². The van der Waals surface area contributed by atoms with Gasteiger partial charge in [-0.25, -0.2) is 0 Å². The second kappa shape index (κ2) is 6.45. The molecule has 0 bridgehead atoms. The average Bonchev–Trinajstić information content (AvgIpc) is 2.88. The highest BCUT2D eigenvalue weighted by Gasteiger charge is 2.13. The topological polar surface area (TPSA) is 43.6 Å². The van der Waals surface area contributed by atoms with Gasteiger partial charge in [-0.1, -0.05) is 30.0 Å². The first-order valence-corrected chi connectivity index (χ1v) is 8.25. The van der Waals surface area contributed by atoms with Crippen molar-refractivity contribution >= 4 is 34.3 Å². The lowest BCUT2D eigenvalue weighted by Gasteiger charge is -2.06. The Morgan fingerprint density at radius 2 is 2.05 bits per heavy atom. The number of alkyl halides is 1. The first-order chi connectivity index (χ1) is 10.3. The summed E-state index contributed by atoms with van der Waals surface area (Å²) in [6.45, 7) is 0. The Hall–Kier alpha value is -1.59. The SMILES string of the molecule is Cn1c(SCCCCl)nnc1-c1ccnc2ccccc12. The van der Waals surface area contributed by atoms with Gasteiger partial charge >= 0.3 is 0 Å². The van der Waals surface area contributed by atoms with E-state index < -0.39 is 0 Å². The molecule has 0 amide bonds. The van der Waals surface area contributed by atoms with Crippen LogP contribution in [-0.4, -0.2) is 31.4 Å². The van der Waals surface area contributed by atoms with E-state index in [0.29, 0.717) is 5.88 Å². The number of rotatable bonds is 5. The second-order valence-electron chi connectivity index (χ2n) is 4.63. The Morgan fingerprint density at radius 3 is 2.90 bits per heavy atom. The van der Waals surface area contributed by atoms with Gasteiger partial charge in [0.05, 0.1) is 5.52 Å². The van der Waals surface area contributed by atoms with E-state index in [4.69, 9.17) is 11.6 Å². The first-order valence-electron chi connectivity index (χ1n) is 6.73. The molecule has 1 aromatic carbocycles. The van der Waals surface area contributed by atoms with Crippen LogP contribution in [0.4, 0.5) is 0 Å². The van der Waals surface area contributed by atoms with Crippen molar-refractivity contribution in [2.45, 2.75) is 11.6 Å². The van der Waals surface area contributed by atoms with Crippen molar-refractivity contribution in [3.8, 4) is 11.4 Å². The van der Waals surface area contributed by atoms with Crippen molar-refractivity contribution in [2.75, 3.05) is 11.6 Å². The highest BCUT2D eigenvalue weighted by molar-refractivity contribution is 7.99. The van der Waals surface area contributed by atoms with E-state index in [2.05, 4.69) is 21.2 Å². The van der Waals surface area contributed by atoms with Crippen LogP contribution in [0, 0.1) is 0 Å². The lowest BCUT2D eigenvalue weighted by Crippen LogP contribution is -1.96. The summed E-state index contributed by atoms with van der Waals surface area (Å²) in [6, 6.07) is 10.1. The number of thioether (sulfide) groups is 1. The molecule has 0 atom stereocenters. The second-order valence-corrected chi connectivity index (χ2v) is 6.07. The number of nitrogens with zero attached hydrogens (tertiary/aromatic N) is 4. The minimum atomic E-state index is 0.673. The Kier molecular flexibility index (Phi) is 4.41. The zero-order chi connectivity index (χ0) is 14.7. The standard InChI is InChI=1S/C15H15ClN4S/c1-20-14(18-19-15(20)21-10-4-8-16)12-7-9-17-13-6-3-2-5-11(12)13/h2-3,5-7,9H,4,8,10H2,1H3. The van der Waals surface area contributed by atoms with Crippen molar-refractivity contribution < 1.29 is 0 Å². The molecular weight excluding hydrogens is 304 g/mol. The van der Waals surface area contributed by atoms with Gasteiger partial charge in [0.1, 0.15) is 0 Å². The van der Waals surface area contributed by atoms with Crippen LogP contribution in [0.15, 0.2) is 41.7 Å². The molecule has 0 N–H and O–H groups in total. The van der Waals surface area contributed by atoms with Crippen molar-refractivity contribution in [1.29, 1.82) is 0 Å². The maximum atomic E-state index is 5.71. The molecule has 0 unspecified atom stereocenters. The normalized spacial score (nSPS) is 11.1. The molecular formula is C15H15ClN4S. The molecule has 0 aliphatic rings. The number of benzene rings is 1. The third-order valence-corrected chi connectivity index (χ3v) is 4.61. The van der Waals surface area contributed by atoms with E-state index in [-0.39, 0.29) is 0 Å². The lowest BCUT2D eigenvalue weighted by atomic mass is 10.1. The van der Waals surface area contributed by atoms with Gasteiger partial charge in [0.2, 0.25) is 0 Å². The van der Waals surface area contributed by atoms with E-state index in [1.54, 1.807) is 11.8 Å². The van der Waals surface area contributed by atoms with Crippen molar-refractivity contribution in [3.63, 3.8) is 0 Å². The predicted molar refractivity (Wildman–Crippen MR) is 87.8 cm³/mol. The maximum absolute atomic E-state index is 5.71. The summed E-state index contributed by atoms with van der Waals surface area (Å²) < 4.78 is 2.03. The van der Waals surface area contributed by atoms with E-state index in [9.17, 15) is 0 Å². The fourth-order valence-electron chi connectivity index (χ4n) is 2.18. The van der Waals surface area contributed by atoms with Crippen LogP contribution in [0.1, 0.15) is 6.42 Å². The fourth-order valence-corrected chi connectivity index (χ4v) is 3.33. The maximum Gasteiger partial charge on any atom is 0.191 e. The molecule has 108 valence electrons. The number of aromatic nitrogens is 4. The highest BCUT2D eigenvalue weighted by atomic mass is 35.5. The Labute approximate surface area is 132 Å². The third-order valence-electron chi connectivity index (χ3n) is 3.23. The van der Waals surface area contributed by atoms with Gasteiger partial charge < -0.3 is 4.57 Å². The molecule has 3 rings (SSSR count). The van der Waals surface area contributed by atoms with Crippen LogP contribution in [0.2, 0.25) is 0 Å². The van der Waals surface area contributed by atoms with Crippen LogP contribution >= 0.6 is 23.4 Å². The van der Waals surface area contributed by atoms with Crippen molar-refractivity contribution in [3.05, 3.63) is 36.5 Å². The molecule has 0 aliphatic carbocycles. The highest BCUT2D eigenvalue weighted by Crippen LogP contribution is 2.28. The summed E-state index contributed by atoms with van der Waals surface area (Å²) in [5.41, 5.74) is 2.02. The van der Waals surface area contributed by atoms with E-state index in [1.165, 1.54) is 0 Å². The van der Waals surface area contributed by atoms with Gasteiger partial charge in [-0.15, -0.1) is 21.8 Å².